The van der Waals surface area contributed by atoms with E-state index in [1.165, 1.54) is 4.90 Å². The average molecular weight is 270 g/mol. The molecule has 1 amide bonds. The van der Waals surface area contributed by atoms with Gasteiger partial charge in [0.15, 0.2) is 23.3 Å². The predicted octanol–water partition coefficient (Wildman–Crippen LogP) is 1.12. The second-order valence-electron chi connectivity index (χ2n) is 4.32. The zero-order chi connectivity index (χ0) is 13.8. The van der Waals surface area contributed by atoms with Crippen LogP contribution in [0.15, 0.2) is 6.07 Å². The van der Waals surface area contributed by atoms with Crippen molar-refractivity contribution in [1.82, 2.24) is 10.3 Å². The van der Waals surface area contributed by atoms with Crippen LogP contribution >= 0.6 is 0 Å². The first-order chi connectivity index (χ1) is 9.11. The van der Waals surface area contributed by atoms with Crippen LogP contribution in [0.5, 0.6) is 0 Å². The summed E-state index contributed by atoms with van der Waals surface area (Å²) < 4.78 is 27.3. The number of nitrogens with one attached hydrogen (secondary N) is 2. The van der Waals surface area contributed by atoms with Gasteiger partial charge in [-0.1, -0.05) is 6.92 Å². The Labute approximate surface area is 110 Å². The topological polar surface area (TPSA) is 57.3 Å². The van der Waals surface area contributed by atoms with Gasteiger partial charge in [0.1, 0.15) is 0 Å². The van der Waals surface area contributed by atoms with Gasteiger partial charge in [0, 0.05) is 25.7 Å². The van der Waals surface area contributed by atoms with Crippen LogP contribution in [0.3, 0.4) is 0 Å². The quantitative estimate of drug-likeness (QED) is 0.861. The van der Waals surface area contributed by atoms with Gasteiger partial charge >= 0.3 is 0 Å². The molecule has 1 aliphatic rings. The molecule has 0 bridgehead atoms. The van der Waals surface area contributed by atoms with Crippen LogP contribution < -0.4 is 15.5 Å². The molecule has 0 atom stereocenters. The molecule has 5 nitrogen and oxygen atoms in total. The Morgan fingerprint density at radius 3 is 2.95 bits per heavy atom. The van der Waals surface area contributed by atoms with Crippen molar-refractivity contribution in [2.75, 3.05) is 36.4 Å². The summed E-state index contributed by atoms with van der Waals surface area (Å²) in [5, 5.41) is 5.44. The summed E-state index contributed by atoms with van der Waals surface area (Å²) >= 11 is 0. The third kappa shape index (κ3) is 3.10. The SMILES string of the molecule is CCCNc1nc(N2CCNC(=O)C2)c(F)cc1F. The van der Waals surface area contributed by atoms with Gasteiger partial charge in [-0.2, -0.15) is 0 Å². The van der Waals surface area contributed by atoms with Crippen molar-refractivity contribution in [3.05, 3.63) is 17.7 Å². The highest BCUT2D eigenvalue weighted by Crippen LogP contribution is 2.22. The number of anilines is 2. The molecule has 0 spiro atoms. The molecule has 0 aromatic carbocycles. The fourth-order valence-electron chi connectivity index (χ4n) is 1.87. The van der Waals surface area contributed by atoms with E-state index in [1.807, 2.05) is 6.92 Å². The Hall–Kier alpha value is -1.92. The lowest BCUT2D eigenvalue weighted by atomic mass is 10.3. The highest BCUT2D eigenvalue weighted by molar-refractivity contribution is 5.82. The lowest BCUT2D eigenvalue weighted by molar-refractivity contribution is -0.120. The standard InChI is InChI=1S/C12H16F2N4O/c1-2-3-16-11-8(13)6-9(14)12(17-11)18-5-4-15-10(19)7-18/h6H,2-5,7H2,1H3,(H,15,19)(H,16,17). The van der Waals surface area contributed by atoms with E-state index in [-0.39, 0.29) is 24.1 Å². The molecule has 2 rings (SSSR count). The number of carbonyl (C=O) groups is 1. The fraction of sp³-hybridized carbons (Fsp3) is 0.500. The monoisotopic (exact) mass is 270 g/mol. The molecule has 1 fully saturated rings. The van der Waals surface area contributed by atoms with Crippen molar-refractivity contribution in [2.24, 2.45) is 0 Å². The molecule has 1 saturated heterocycles. The van der Waals surface area contributed by atoms with Crippen molar-refractivity contribution in [3.8, 4) is 0 Å². The van der Waals surface area contributed by atoms with Crippen LogP contribution in [-0.2, 0) is 4.79 Å². The second-order valence-corrected chi connectivity index (χ2v) is 4.32. The molecule has 1 aromatic rings. The first kappa shape index (κ1) is 13.5. The number of pyridine rings is 1. The van der Waals surface area contributed by atoms with Crippen LogP contribution in [0.1, 0.15) is 13.3 Å². The third-order valence-corrected chi connectivity index (χ3v) is 2.79. The highest BCUT2D eigenvalue weighted by Gasteiger charge is 2.22. The first-order valence-electron chi connectivity index (χ1n) is 6.23. The Kier molecular flexibility index (Phi) is 4.13. The predicted molar refractivity (Wildman–Crippen MR) is 68.2 cm³/mol. The van der Waals surface area contributed by atoms with Crippen LogP contribution in [0.4, 0.5) is 20.4 Å². The Bertz CT molecular complexity index is 481. The normalized spacial score (nSPS) is 15.3. The van der Waals surface area contributed by atoms with Gasteiger partial charge < -0.3 is 15.5 Å². The van der Waals surface area contributed by atoms with E-state index in [0.717, 1.165) is 12.5 Å². The highest BCUT2D eigenvalue weighted by atomic mass is 19.1. The number of halogens is 2. The van der Waals surface area contributed by atoms with E-state index in [4.69, 9.17) is 0 Å². The zero-order valence-corrected chi connectivity index (χ0v) is 10.7. The van der Waals surface area contributed by atoms with Crippen LogP contribution in [0.25, 0.3) is 0 Å². The maximum Gasteiger partial charge on any atom is 0.239 e. The molecule has 2 N–H and O–H groups in total. The third-order valence-electron chi connectivity index (χ3n) is 2.79. The van der Waals surface area contributed by atoms with Crippen LogP contribution in [-0.4, -0.2) is 37.1 Å². The lowest BCUT2D eigenvalue weighted by Crippen LogP contribution is -2.48. The zero-order valence-electron chi connectivity index (χ0n) is 10.7. The van der Waals surface area contributed by atoms with E-state index in [0.29, 0.717) is 19.6 Å². The molecule has 104 valence electrons. The fourth-order valence-corrected chi connectivity index (χ4v) is 1.87. The van der Waals surface area contributed by atoms with E-state index < -0.39 is 11.6 Å². The van der Waals surface area contributed by atoms with Gasteiger partial charge in [-0.25, -0.2) is 13.8 Å². The molecule has 1 aromatic heterocycles. The molecule has 7 heteroatoms. The molecule has 0 unspecified atom stereocenters. The van der Waals surface area contributed by atoms with Crippen molar-refractivity contribution < 1.29 is 13.6 Å². The summed E-state index contributed by atoms with van der Waals surface area (Å²) in [4.78, 5) is 16.7. The number of nitrogens with zero attached hydrogens (tertiary/aromatic N) is 2. The molecular formula is C12H16F2N4O. The summed E-state index contributed by atoms with van der Waals surface area (Å²) in [7, 11) is 0. The van der Waals surface area contributed by atoms with E-state index in [2.05, 4.69) is 15.6 Å². The first-order valence-corrected chi connectivity index (χ1v) is 6.23. The minimum Gasteiger partial charge on any atom is -0.368 e. The Morgan fingerprint density at radius 2 is 2.26 bits per heavy atom. The van der Waals surface area contributed by atoms with Gasteiger partial charge in [0.25, 0.3) is 0 Å². The number of aromatic nitrogens is 1. The number of hydrogen-bond acceptors (Lipinski definition) is 4. The molecule has 0 saturated carbocycles. The van der Waals surface area contributed by atoms with Crippen molar-refractivity contribution >= 4 is 17.5 Å². The minimum atomic E-state index is -0.755. The van der Waals surface area contributed by atoms with Crippen LogP contribution in [0.2, 0.25) is 0 Å². The van der Waals surface area contributed by atoms with E-state index >= 15 is 0 Å². The number of amides is 1. The summed E-state index contributed by atoms with van der Waals surface area (Å²) in [5.41, 5.74) is 0. The minimum absolute atomic E-state index is 0.00912. The molecule has 1 aliphatic heterocycles. The van der Waals surface area contributed by atoms with Crippen molar-refractivity contribution in [3.63, 3.8) is 0 Å². The van der Waals surface area contributed by atoms with E-state index in [1.54, 1.807) is 0 Å². The summed E-state index contributed by atoms with van der Waals surface area (Å²) in [6.45, 7) is 3.39. The Morgan fingerprint density at radius 1 is 1.47 bits per heavy atom. The maximum absolute atomic E-state index is 13.8. The van der Waals surface area contributed by atoms with E-state index in [9.17, 15) is 13.6 Å². The molecule has 19 heavy (non-hydrogen) atoms. The number of hydrogen-bond donors (Lipinski definition) is 2. The largest absolute Gasteiger partial charge is 0.368 e. The van der Waals surface area contributed by atoms with Gasteiger partial charge in [-0.05, 0) is 6.42 Å². The number of carbonyl (C=O) groups excluding carboxylic acids is 1. The molecule has 2 heterocycles. The van der Waals surface area contributed by atoms with Crippen LogP contribution in [0, 0.1) is 11.6 Å². The Balaban J connectivity index is 2.25. The second kappa shape index (κ2) is 5.81. The average Bonchev–Trinajstić information content (AvgIpc) is 2.38. The summed E-state index contributed by atoms with van der Waals surface area (Å²) in [5.74, 6) is -1.65. The summed E-state index contributed by atoms with van der Waals surface area (Å²) in [6, 6.07) is 0.798. The van der Waals surface area contributed by atoms with Gasteiger partial charge in [0.2, 0.25) is 5.91 Å². The number of rotatable bonds is 4. The molecular weight excluding hydrogens is 254 g/mol. The van der Waals surface area contributed by atoms with Gasteiger partial charge in [0.05, 0.1) is 6.54 Å². The number of piperazine rings is 1. The maximum atomic E-state index is 13.8. The van der Waals surface area contributed by atoms with Crippen molar-refractivity contribution in [2.45, 2.75) is 13.3 Å². The lowest BCUT2D eigenvalue weighted by Gasteiger charge is -2.28. The molecule has 0 radical (unpaired) electrons. The van der Waals surface area contributed by atoms with Gasteiger partial charge in [-0.3, -0.25) is 4.79 Å². The smallest absolute Gasteiger partial charge is 0.239 e. The van der Waals surface area contributed by atoms with Crippen molar-refractivity contribution in [1.29, 1.82) is 0 Å². The molecule has 0 aliphatic carbocycles. The summed E-state index contributed by atoms with van der Waals surface area (Å²) in [6.07, 6.45) is 0.806. The van der Waals surface area contributed by atoms with Gasteiger partial charge in [-0.15, -0.1) is 0 Å².